The van der Waals surface area contributed by atoms with Gasteiger partial charge in [0.1, 0.15) is 5.60 Å². The summed E-state index contributed by atoms with van der Waals surface area (Å²) in [6.45, 7) is 5.01. The normalized spacial score (nSPS) is 11.3. The van der Waals surface area contributed by atoms with Crippen LogP contribution in [0.25, 0.3) is 0 Å². The fourth-order valence-electron chi connectivity index (χ4n) is 2.63. The summed E-state index contributed by atoms with van der Waals surface area (Å²) >= 11 is 0. The first-order valence-corrected chi connectivity index (χ1v) is 9.97. The highest BCUT2D eigenvalue weighted by Crippen LogP contribution is 2.20. The summed E-state index contributed by atoms with van der Waals surface area (Å²) in [4.78, 5) is 46.1. The lowest BCUT2D eigenvalue weighted by atomic mass is 10.1. The van der Waals surface area contributed by atoms with Crippen molar-refractivity contribution in [2.45, 2.75) is 58.1 Å². The largest absolute Gasteiger partial charge is 0.492 e. The Morgan fingerprint density at radius 3 is 1.52 bits per heavy atom. The molecule has 13 nitrogen and oxygen atoms in total. The van der Waals surface area contributed by atoms with Crippen LogP contribution in [0.1, 0.15) is 46.5 Å². The van der Waals surface area contributed by atoms with Crippen LogP contribution in [0, 0.1) is 0 Å². The predicted molar refractivity (Wildman–Crippen MR) is 110 cm³/mol. The molecule has 2 rings (SSSR count). The maximum Gasteiger partial charge on any atom is 0.407 e. The van der Waals surface area contributed by atoms with Gasteiger partial charge in [0.05, 0.1) is 0 Å². The topological polar surface area (TPSA) is 182 Å². The molecule has 0 aliphatic heterocycles. The zero-order valence-corrected chi connectivity index (χ0v) is 18.3. The molecule has 0 spiro atoms. The zero-order valence-electron chi connectivity index (χ0n) is 18.3. The molecule has 0 radical (unpaired) electrons. The van der Waals surface area contributed by atoms with Gasteiger partial charge in [-0.05, 0) is 33.6 Å². The summed E-state index contributed by atoms with van der Waals surface area (Å²) in [6.07, 6.45) is -1.21. The van der Waals surface area contributed by atoms with Crippen LogP contribution in [-0.4, -0.2) is 59.6 Å². The van der Waals surface area contributed by atoms with E-state index in [1.165, 1.54) is 0 Å². The monoisotopic (exact) mass is 469 g/mol. The lowest BCUT2D eigenvalue weighted by Crippen LogP contribution is -2.40. The number of hydrogen-bond donors (Lipinski definition) is 5. The van der Waals surface area contributed by atoms with E-state index in [1.54, 1.807) is 20.8 Å². The molecule has 2 aromatic rings. The van der Waals surface area contributed by atoms with Crippen LogP contribution >= 0.6 is 0 Å². The molecule has 5 N–H and O–H groups in total. The molecule has 0 fully saturated rings. The molecule has 182 valence electrons. The Morgan fingerprint density at radius 1 is 0.818 bits per heavy atom. The van der Waals surface area contributed by atoms with Gasteiger partial charge >= 0.3 is 18.0 Å². The average molecular weight is 469 g/mol. The summed E-state index contributed by atoms with van der Waals surface area (Å²) in [5, 5.41) is 40.7. The number of nitrogens with one attached hydrogen (secondary N) is 1. The fraction of sp³-hybridized carbons (Fsp3) is 0.450. The molecule has 1 amide bonds. The maximum atomic E-state index is 12.1. The van der Waals surface area contributed by atoms with Crippen molar-refractivity contribution in [1.29, 1.82) is 0 Å². The maximum absolute atomic E-state index is 12.1. The third-order valence-electron chi connectivity index (χ3n) is 4.10. The molecule has 0 atom stereocenters. The van der Waals surface area contributed by atoms with E-state index in [0.29, 0.717) is 9.46 Å². The highest BCUT2D eigenvalue weighted by Gasteiger charge is 2.23. The number of rotatable bonds is 9. The molecule has 0 aliphatic rings. The standard InChI is InChI=1S/C20H27N3O10/c1-20(2,3)31-19(30)21-12(4-10-17(28)32-22-13(24)6-7-14(22)25)5-11-18(29)33-23-15(26)8-9-16(23)27/h6-9,12,24-27H,4-5,10-11H2,1-3H3,(H,21,30). The molecule has 0 bridgehead atoms. The number of aromatic hydroxyl groups is 4. The van der Waals surface area contributed by atoms with Crippen molar-refractivity contribution >= 4 is 18.0 Å². The molecule has 0 aromatic carbocycles. The van der Waals surface area contributed by atoms with Crippen LogP contribution in [0.2, 0.25) is 0 Å². The van der Waals surface area contributed by atoms with Crippen LogP contribution < -0.4 is 15.0 Å². The summed E-state index contributed by atoms with van der Waals surface area (Å²) in [7, 11) is 0. The van der Waals surface area contributed by atoms with Crippen LogP contribution in [-0.2, 0) is 14.3 Å². The smallest absolute Gasteiger partial charge is 0.407 e. The van der Waals surface area contributed by atoms with Crippen molar-refractivity contribution in [3.05, 3.63) is 24.3 Å². The zero-order chi connectivity index (χ0) is 24.8. The molecule has 13 heteroatoms. The Morgan fingerprint density at radius 2 is 1.18 bits per heavy atom. The van der Waals surface area contributed by atoms with E-state index in [1.807, 2.05) is 0 Å². The SMILES string of the molecule is CC(C)(C)OC(=O)NC(CCC(=O)On1c(O)ccc1O)CCC(=O)On1c(O)ccc1O. The highest BCUT2D eigenvalue weighted by molar-refractivity contribution is 5.72. The van der Waals surface area contributed by atoms with Crippen molar-refractivity contribution in [3.63, 3.8) is 0 Å². The summed E-state index contributed by atoms with van der Waals surface area (Å²) < 4.78 is 6.26. The first-order chi connectivity index (χ1) is 15.4. The second kappa shape index (κ2) is 10.5. The number of alkyl carbamates (subject to hydrolysis) is 1. The van der Waals surface area contributed by atoms with Gasteiger partial charge < -0.3 is 40.2 Å². The molecule has 2 aromatic heterocycles. The third kappa shape index (κ3) is 7.87. The van der Waals surface area contributed by atoms with E-state index < -0.39 is 53.2 Å². The Labute approximate surface area is 188 Å². The quantitative estimate of drug-likeness (QED) is 0.357. The van der Waals surface area contributed by atoms with Gasteiger partial charge in [-0.15, -0.1) is 9.46 Å². The number of hydrogen-bond acceptors (Lipinski definition) is 10. The first-order valence-electron chi connectivity index (χ1n) is 9.97. The molecule has 0 aliphatic carbocycles. The first kappa shape index (κ1) is 25.2. The predicted octanol–water partition coefficient (Wildman–Crippen LogP) is 1.18. The second-order valence-electron chi connectivity index (χ2n) is 8.04. The highest BCUT2D eigenvalue weighted by atomic mass is 16.7. The number of carbonyl (C=O) groups is 3. The molecule has 0 saturated carbocycles. The summed E-state index contributed by atoms with van der Waals surface area (Å²) in [5.41, 5.74) is -0.778. The van der Waals surface area contributed by atoms with Gasteiger partial charge in [-0.2, -0.15) is 0 Å². The number of amides is 1. The van der Waals surface area contributed by atoms with Gasteiger partial charge in [0.25, 0.3) is 0 Å². The molecule has 2 heterocycles. The molecular weight excluding hydrogens is 442 g/mol. The number of nitrogens with zero attached hydrogens (tertiary/aromatic N) is 2. The number of aromatic nitrogens is 2. The average Bonchev–Trinajstić information content (AvgIpc) is 3.18. The summed E-state index contributed by atoms with van der Waals surface area (Å²) in [6, 6.07) is 3.78. The van der Waals surface area contributed by atoms with Gasteiger partial charge in [-0.1, -0.05) is 0 Å². The van der Waals surface area contributed by atoms with Crippen LogP contribution in [0.5, 0.6) is 23.5 Å². The van der Waals surface area contributed by atoms with Crippen molar-refractivity contribution in [2.24, 2.45) is 0 Å². The van der Waals surface area contributed by atoms with Gasteiger partial charge in [-0.25, -0.2) is 14.4 Å². The van der Waals surface area contributed by atoms with Gasteiger partial charge in [0, 0.05) is 43.1 Å². The molecule has 0 saturated heterocycles. The minimum atomic E-state index is -0.822. The van der Waals surface area contributed by atoms with Crippen LogP contribution in [0.15, 0.2) is 24.3 Å². The Bertz CT molecular complexity index is 886. The van der Waals surface area contributed by atoms with E-state index in [9.17, 15) is 34.8 Å². The minimum absolute atomic E-state index is 0.0220. The Balaban J connectivity index is 1.96. The van der Waals surface area contributed by atoms with Crippen LogP contribution in [0.3, 0.4) is 0 Å². The number of ether oxygens (including phenoxy) is 1. The molecule has 33 heavy (non-hydrogen) atoms. The fourth-order valence-corrected chi connectivity index (χ4v) is 2.63. The van der Waals surface area contributed by atoms with E-state index >= 15 is 0 Å². The lowest BCUT2D eigenvalue weighted by Gasteiger charge is -2.23. The van der Waals surface area contributed by atoms with Gasteiger partial charge in [-0.3, -0.25) is 0 Å². The number of carbonyl (C=O) groups excluding carboxylic acids is 3. The van der Waals surface area contributed by atoms with Gasteiger partial charge in [0.2, 0.25) is 23.5 Å². The lowest BCUT2D eigenvalue weighted by molar-refractivity contribution is -0.145. The van der Waals surface area contributed by atoms with Crippen LogP contribution in [0.4, 0.5) is 4.79 Å². The van der Waals surface area contributed by atoms with Crippen molar-refractivity contribution in [1.82, 2.24) is 14.8 Å². The van der Waals surface area contributed by atoms with E-state index in [-0.39, 0.29) is 25.7 Å². The minimum Gasteiger partial charge on any atom is -0.492 e. The van der Waals surface area contributed by atoms with E-state index in [4.69, 9.17) is 14.4 Å². The van der Waals surface area contributed by atoms with Crippen molar-refractivity contribution in [3.8, 4) is 23.5 Å². The Kier molecular flexibility index (Phi) is 8.05. The third-order valence-corrected chi connectivity index (χ3v) is 4.10. The summed E-state index contributed by atoms with van der Waals surface area (Å²) in [5.74, 6) is -3.57. The van der Waals surface area contributed by atoms with E-state index in [0.717, 1.165) is 24.3 Å². The molecular formula is C20H27N3O10. The van der Waals surface area contributed by atoms with Crippen molar-refractivity contribution < 1.29 is 49.2 Å². The Hall–Kier alpha value is -4.03. The molecule has 0 unspecified atom stereocenters. The van der Waals surface area contributed by atoms with E-state index in [2.05, 4.69) is 5.32 Å². The second-order valence-corrected chi connectivity index (χ2v) is 8.04. The van der Waals surface area contributed by atoms with Crippen molar-refractivity contribution in [2.75, 3.05) is 0 Å². The van der Waals surface area contributed by atoms with Gasteiger partial charge in [0.15, 0.2) is 0 Å².